The van der Waals surface area contributed by atoms with Crippen LogP contribution < -0.4 is 52.6 Å². The molecule has 6 aromatic rings. The largest absolute Gasteiger partial charge is 0.490 e. The number of amides is 9. The van der Waals surface area contributed by atoms with Gasteiger partial charge < -0.3 is 77.3 Å². The minimum absolute atomic E-state index is 0.0113. The molecule has 0 saturated carbocycles. The third-order valence-electron chi connectivity index (χ3n) is 19.4. The van der Waals surface area contributed by atoms with Gasteiger partial charge in [0.15, 0.2) is 0 Å². The van der Waals surface area contributed by atoms with Gasteiger partial charge in [0.05, 0.1) is 24.8 Å². The third kappa shape index (κ3) is 21.0. The van der Waals surface area contributed by atoms with Crippen LogP contribution in [0, 0.1) is 5.41 Å². The first-order valence-electron chi connectivity index (χ1n) is 35.4. The highest BCUT2D eigenvalue weighted by Crippen LogP contribution is 2.29. The first-order valence-corrected chi connectivity index (χ1v) is 35.4. The zero-order chi connectivity index (χ0) is 75.6. The zero-order valence-corrected chi connectivity index (χ0v) is 60.3. The average Bonchev–Trinajstić information content (AvgIpc) is 1.68. The molecule has 6 aromatic carbocycles. The van der Waals surface area contributed by atoms with Crippen LogP contribution in [0.25, 0.3) is 21.9 Å². The van der Waals surface area contributed by atoms with Crippen LogP contribution in [0.3, 0.4) is 0 Å². The lowest BCUT2D eigenvalue weighted by Gasteiger charge is -2.36. The Bertz CT molecular complexity index is 4130. The summed E-state index contributed by atoms with van der Waals surface area (Å²) in [5.41, 5.74) is 3.08. The minimum atomic E-state index is -1.59. The van der Waals surface area contributed by atoms with Crippen molar-refractivity contribution >= 4 is 75.9 Å². The number of likely N-dealkylation sites (tertiary alicyclic amines) is 2. The van der Waals surface area contributed by atoms with Crippen LogP contribution in [0.2, 0.25) is 0 Å². The minimum Gasteiger partial charge on any atom is -0.490 e. The van der Waals surface area contributed by atoms with Gasteiger partial charge in [0.2, 0.25) is 47.3 Å². The first-order chi connectivity index (χ1) is 50.2. The molecule has 1 unspecified atom stereocenters. The van der Waals surface area contributed by atoms with Crippen molar-refractivity contribution in [3.8, 4) is 16.9 Å². The summed E-state index contributed by atoms with van der Waals surface area (Å²) >= 11 is 0. The lowest BCUT2D eigenvalue weighted by Crippen LogP contribution is -2.61. The second-order valence-electron chi connectivity index (χ2n) is 28.0. The maximum absolute atomic E-state index is 15.2. The number of carboxylic acid groups (broad SMARTS) is 2. The van der Waals surface area contributed by atoms with E-state index in [-0.39, 0.29) is 76.8 Å². The average molecular weight is 1440 g/mol. The zero-order valence-electron chi connectivity index (χ0n) is 60.3. The molecule has 105 heavy (non-hydrogen) atoms. The summed E-state index contributed by atoms with van der Waals surface area (Å²) in [6.45, 7) is 9.96. The number of nitrogens with zero attached hydrogens (tertiary/aromatic N) is 2. The lowest BCUT2D eigenvalue weighted by molar-refractivity contribution is -0.145. The molecule has 2 fully saturated rings. The van der Waals surface area contributed by atoms with Gasteiger partial charge in [0, 0.05) is 56.8 Å². The van der Waals surface area contributed by atoms with Crippen molar-refractivity contribution in [2.24, 2.45) is 5.41 Å². The fraction of sp³-hybridized carbons (Fsp3) is 0.405. The number of likely N-dealkylation sites (N-methyl/N-ethyl adjacent to an activating group) is 2. The molecule has 26 nitrogen and oxygen atoms in total. The summed E-state index contributed by atoms with van der Waals surface area (Å²) in [4.78, 5) is 159. The highest BCUT2D eigenvalue weighted by atomic mass is 16.5. The van der Waals surface area contributed by atoms with Crippen LogP contribution in [-0.4, -0.2) is 198 Å². The quantitative estimate of drug-likeness (QED) is 0.0606. The highest BCUT2D eigenvalue weighted by molar-refractivity contribution is 5.99. The van der Waals surface area contributed by atoms with E-state index in [0.717, 1.165) is 21.9 Å². The number of fused-ring (bicyclic) bond motifs is 1. The molecule has 0 aliphatic carbocycles. The molecule has 6 aliphatic heterocycles. The maximum Gasteiger partial charge on any atom is 0.326 e. The van der Waals surface area contributed by atoms with Crippen molar-refractivity contribution in [1.82, 2.24) is 57.7 Å². The Morgan fingerprint density at radius 3 is 1.62 bits per heavy atom. The standard InChI is InChI=1S/C79H95N11O15/c1-9-60(83-68(91)46(2)80-7)75(98)90-45-59-43-66(90)74(97)84-61(38-48-21-28-54(29-22-48)52-17-11-10-12-18-52)71(94)86-63(77(100)101)39-49-23-31-55(32-24-49)70(93)82-57-42-65(89(44-57)76(99)67(79(4,5)6)88-69(92)47(3)81-8)73(96)85-62(41-51-25-30-53-19-13-14-20-56(53)37-51)72(95)87-64(78(102)103)40-50-26-33-58(34-27-50)104-35-15-16-36-105-59/h10-34,37,46-47,57,59-67,80-81H,9,35-36,38-45H2,1-8H3,(H,82,93)(H,83,91)(H,84,97)(H,85,96)(H,86,94)(H,87,95)(H,88,92)(H,100,101)(H,102,103)/b16-15+/t46-,47-,57-,59-,60-,61-,62-,63-,64-,65-,66?,67+/m0/s1. The summed E-state index contributed by atoms with van der Waals surface area (Å²) in [6, 6.07) is 29.3. The molecule has 0 aromatic heterocycles. The summed E-state index contributed by atoms with van der Waals surface area (Å²) < 4.78 is 12.3. The van der Waals surface area contributed by atoms with Gasteiger partial charge in [-0.15, -0.1) is 0 Å². The SMILES string of the molecule is CC[C@H](NC(=O)[C@H](C)NC)C(=O)N1C[C@@H]2CC1C(=O)N[C@@H](Cc1ccc(-c3ccccc3)cc1)C(=O)N[C@H](C(=O)O)Cc1ccc(cc1)C(=O)N[C@H]1C[C@@H](C(=O)N[C@@H](Cc3ccc4ccccc4c3)C(=O)N[C@H](C(=O)O)Cc3ccc(cc3)OC/C=C/CO2)N(C(=O)[C@@H](NC(=O)[C@H](C)NC)C(C)(C)C)C1. The number of carbonyl (C=O) groups is 11. The van der Waals surface area contributed by atoms with Crippen LogP contribution in [0.1, 0.15) is 93.4 Å². The van der Waals surface area contributed by atoms with Gasteiger partial charge in [0.1, 0.15) is 60.7 Å². The van der Waals surface area contributed by atoms with E-state index >= 15 is 9.59 Å². The summed E-state index contributed by atoms with van der Waals surface area (Å²) in [7, 11) is 3.19. The molecular weight excluding hydrogens is 1340 g/mol. The normalized spacial score (nSPS) is 22.5. The number of ether oxygens (including phenoxy) is 2. The second kappa shape index (κ2) is 36.1. The Labute approximate surface area is 610 Å². The molecule has 556 valence electrons. The van der Waals surface area contributed by atoms with Gasteiger partial charge in [-0.25, -0.2) is 9.59 Å². The first kappa shape index (κ1) is 78.3. The van der Waals surface area contributed by atoms with Gasteiger partial charge >= 0.3 is 11.9 Å². The molecular formula is C79H95N11O15. The van der Waals surface area contributed by atoms with Crippen molar-refractivity contribution in [1.29, 1.82) is 0 Å². The fourth-order valence-electron chi connectivity index (χ4n) is 12.9. The van der Waals surface area contributed by atoms with Crippen LogP contribution in [0.5, 0.6) is 5.75 Å². The number of hydrogen-bond acceptors (Lipinski definition) is 15. The summed E-state index contributed by atoms with van der Waals surface area (Å²) in [5.74, 6) is -8.42. The van der Waals surface area contributed by atoms with Crippen LogP contribution >= 0.6 is 0 Å². The second-order valence-corrected chi connectivity index (χ2v) is 28.0. The van der Waals surface area contributed by atoms with Gasteiger partial charge in [-0.3, -0.25) is 43.2 Å². The van der Waals surface area contributed by atoms with Gasteiger partial charge in [-0.05, 0) is 121 Å². The number of aliphatic carboxylic acids is 2. The third-order valence-corrected chi connectivity index (χ3v) is 19.4. The van der Waals surface area contributed by atoms with Crippen molar-refractivity contribution in [3.05, 3.63) is 186 Å². The van der Waals surface area contributed by atoms with E-state index in [1.54, 1.807) is 110 Å². The van der Waals surface area contributed by atoms with Crippen LogP contribution in [-0.2, 0) is 78.4 Å². The Morgan fingerprint density at radius 2 is 1.05 bits per heavy atom. The maximum atomic E-state index is 15.2. The highest BCUT2D eigenvalue weighted by Gasteiger charge is 2.47. The Morgan fingerprint density at radius 1 is 0.543 bits per heavy atom. The van der Waals surface area contributed by atoms with Crippen LogP contribution in [0.4, 0.5) is 0 Å². The summed E-state index contributed by atoms with van der Waals surface area (Å²) in [6.07, 6.45) is 1.90. The predicted octanol–water partition coefficient (Wildman–Crippen LogP) is 4.16. The topological polar surface area (TPSA) is 361 Å². The fourth-order valence-corrected chi connectivity index (χ4v) is 12.9. The van der Waals surface area contributed by atoms with Crippen molar-refractivity contribution in [3.63, 3.8) is 0 Å². The molecule has 26 heteroatoms. The molecule has 6 aliphatic rings. The molecule has 8 bridgehead atoms. The Kier molecular flexibility index (Phi) is 26.9. The van der Waals surface area contributed by atoms with Crippen molar-refractivity contribution in [2.45, 2.75) is 159 Å². The molecule has 0 radical (unpaired) electrons. The predicted molar refractivity (Wildman–Crippen MR) is 393 cm³/mol. The molecule has 9 amide bonds. The lowest BCUT2D eigenvalue weighted by atomic mass is 9.85. The number of hydrogen-bond donors (Lipinski definition) is 11. The smallest absolute Gasteiger partial charge is 0.326 e. The Hall–Kier alpha value is -10.8. The number of rotatable bonds is 16. The number of carboxylic acids is 2. The molecule has 12 rings (SSSR count). The van der Waals surface area contributed by atoms with E-state index in [1.807, 2.05) is 78.9 Å². The van der Waals surface area contributed by atoms with E-state index < -0.39 is 143 Å². The molecule has 2 saturated heterocycles. The Balaban J connectivity index is 1.04. The number of nitrogens with one attached hydrogen (secondary N) is 9. The van der Waals surface area contributed by atoms with Gasteiger partial charge in [0.25, 0.3) is 5.91 Å². The van der Waals surface area contributed by atoms with E-state index in [1.165, 1.54) is 34.1 Å². The summed E-state index contributed by atoms with van der Waals surface area (Å²) in [5, 5.41) is 48.5. The van der Waals surface area contributed by atoms with E-state index in [0.29, 0.717) is 28.0 Å². The number of carbonyl (C=O) groups excluding carboxylic acids is 9. The van der Waals surface area contributed by atoms with E-state index in [2.05, 4.69) is 47.9 Å². The molecule has 11 N–H and O–H groups in total. The van der Waals surface area contributed by atoms with Gasteiger partial charge in [-0.2, -0.15) is 0 Å². The van der Waals surface area contributed by atoms with Crippen molar-refractivity contribution < 1.29 is 72.4 Å². The molecule has 12 atom stereocenters. The molecule has 6 heterocycles. The van der Waals surface area contributed by atoms with E-state index in [4.69, 9.17) is 9.47 Å². The number of benzene rings is 6. The monoisotopic (exact) mass is 1440 g/mol. The van der Waals surface area contributed by atoms with E-state index in [9.17, 15) is 53.4 Å². The van der Waals surface area contributed by atoms with Crippen LogP contribution in [0.15, 0.2) is 158 Å². The van der Waals surface area contributed by atoms with Crippen molar-refractivity contribution in [2.75, 3.05) is 40.4 Å². The van der Waals surface area contributed by atoms with Gasteiger partial charge in [-0.1, -0.05) is 155 Å². The molecule has 0 spiro atoms.